The van der Waals surface area contributed by atoms with Crippen LogP contribution in [0.2, 0.25) is 5.02 Å². The molecule has 6 rings (SSSR count). The van der Waals surface area contributed by atoms with Crippen molar-refractivity contribution in [2.45, 2.75) is 28.5 Å². The number of rotatable bonds is 3. The average Bonchev–Trinajstić information content (AvgIpc) is 3.25. The highest BCUT2D eigenvalue weighted by Crippen LogP contribution is 2.65. The van der Waals surface area contributed by atoms with Crippen LogP contribution in [0.25, 0.3) is 0 Å². The summed E-state index contributed by atoms with van der Waals surface area (Å²) in [4.78, 5) is 53.0. The van der Waals surface area contributed by atoms with E-state index < -0.39 is 51.1 Å². The number of methoxy groups -OCH3 is 1. The van der Waals surface area contributed by atoms with Crippen molar-refractivity contribution >= 4 is 80.0 Å². The Bertz CT molecular complexity index is 1550. The third-order valence-corrected chi connectivity index (χ3v) is 11.0. The zero-order valence-electron chi connectivity index (χ0n) is 21.2. The summed E-state index contributed by atoms with van der Waals surface area (Å²) in [5.41, 5.74) is 1.50. The van der Waals surface area contributed by atoms with Gasteiger partial charge in [0.25, 0.3) is 11.8 Å². The van der Waals surface area contributed by atoms with Gasteiger partial charge in [-0.05, 0) is 76.7 Å². The number of hydrogen-bond donors (Lipinski definition) is 1. The van der Waals surface area contributed by atoms with Crippen LogP contribution in [0.4, 0.5) is 5.69 Å². The minimum Gasteiger partial charge on any atom is -0.503 e. The lowest BCUT2D eigenvalue weighted by Gasteiger charge is -2.50. The minimum atomic E-state index is -1.93. The number of ether oxygens (including phenoxy) is 1. The molecule has 1 N–H and O–H groups in total. The smallest absolute Gasteiger partial charge is 0.253 e. The molecular formula is C28H22BrCl3N2O6. The molecule has 2 aliphatic heterocycles. The van der Waals surface area contributed by atoms with Crippen LogP contribution in [0.1, 0.15) is 24.3 Å². The first-order valence-electron chi connectivity index (χ1n) is 12.5. The van der Waals surface area contributed by atoms with Crippen molar-refractivity contribution in [3.05, 3.63) is 63.1 Å². The predicted octanol–water partition coefficient (Wildman–Crippen LogP) is 5.01. The second kappa shape index (κ2) is 9.21. The van der Waals surface area contributed by atoms with Gasteiger partial charge in [-0.15, -0.1) is 23.2 Å². The molecule has 2 aromatic carbocycles. The molecule has 12 heteroatoms. The highest BCUT2D eigenvalue weighted by Gasteiger charge is 2.76. The maximum atomic E-state index is 14.0. The van der Waals surface area contributed by atoms with E-state index in [0.717, 1.165) is 9.80 Å². The topological polar surface area (TPSA) is 104 Å². The van der Waals surface area contributed by atoms with Crippen LogP contribution in [0.15, 0.2) is 52.5 Å². The highest BCUT2D eigenvalue weighted by atomic mass is 79.9. The number of carbonyl (C=O) groups excluding carboxylic acids is 4. The van der Waals surface area contributed by atoms with E-state index in [-0.39, 0.29) is 34.7 Å². The Morgan fingerprint density at radius 2 is 1.70 bits per heavy atom. The summed E-state index contributed by atoms with van der Waals surface area (Å²) in [6.45, 7) is 0. The molecule has 2 saturated heterocycles. The van der Waals surface area contributed by atoms with Crippen molar-refractivity contribution in [2.24, 2.45) is 17.8 Å². The Hall–Kier alpha value is -2.59. The number of nitrogens with zero attached hydrogens (tertiary/aromatic N) is 2. The van der Waals surface area contributed by atoms with E-state index in [4.69, 9.17) is 39.5 Å². The van der Waals surface area contributed by atoms with Crippen LogP contribution in [-0.2, 0) is 19.2 Å². The monoisotopic (exact) mass is 666 g/mol. The van der Waals surface area contributed by atoms with Crippen molar-refractivity contribution in [1.29, 1.82) is 0 Å². The lowest BCUT2D eigenvalue weighted by Crippen LogP contribution is -2.60. The molecule has 6 unspecified atom stereocenters. The minimum absolute atomic E-state index is 0.111. The summed E-state index contributed by atoms with van der Waals surface area (Å²) in [5, 5.41) is 10.9. The van der Waals surface area contributed by atoms with E-state index >= 15 is 0 Å². The number of benzene rings is 2. The first-order chi connectivity index (χ1) is 18.9. The van der Waals surface area contributed by atoms with Gasteiger partial charge in [0.15, 0.2) is 21.2 Å². The number of phenols is 1. The van der Waals surface area contributed by atoms with Gasteiger partial charge in [0.05, 0.1) is 29.1 Å². The van der Waals surface area contributed by atoms with E-state index in [9.17, 15) is 24.3 Å². The fourth-order valence-electron chi connectivity index (χ4n) is 6.88. The number of carbonyl (C=O) groups is 4. The zero-order chi connectivity index (χ0) is 28.9. The van der Waals surface area contributed by atoms with Gasteiger partial charge in [-0.3, -0.25) is 29.0 Å². The summed E-state index contributed by atoms with van der Waals surface area (Å²) in [7, 11) is 2.71. The van der Waals surface area contributed by atoms with Gasteiger partial charge >= 0.3 is 0 Å². The van der Waals surface area contributed by atoms with Crippen molar-refractivity contribution in [3.63, 3.8) is 0 Å². The van der Waals surface area contributed by atoms with Crippen LogP contribution >= 0.6 is 50.7 Å². The summed E-state index contributed by atoms with van der Waals surface area (Å²) >= 11 is 23.7. The molecule has 0 spiro atoms. The largest absolute Gasteiger partial charge is 0.503 e. The molecule has 0 bridgehead atoms. The number of halogens is 4. The number of phenolic OH excluding ortho intramolecular Hbond substituents is 1. The second-order valence-corrected chi connectivity index (χ2v) is 13.1. The third kappa shape index (κ3) is 3.44. The third-order valence-electron chi connectivity index (χ3n) is 8.70. The fraction of sp³-hybridized carbons (Fsp3) is 0.357. The van der Waals surface area contributed by atoms with Gasteiger partial charge in [-0.1, -0.05) is 23.3 Å². The quantitative estimate of drug-likeness (QED) is 0.280. The van der Waals surface area contributed by atoms with Gasteiger partial charge < -0.3 is 9.84 Å². The summed E-state index contributed by atoms with van der Waals surface area (Å²) in [6, 6.07) is 9.55. The molecule has 6 atom stereocenters. The maximum Gasteiger partial charge on any atom is 0.253 e. The number of allylic oxidation sites excluding steroid dienone is 2. The molecule has 0 radical (unpaired) electrons. The van der Waals surface area contributed by atoms with E-state index in [2.05, 4.69) is 15.9 Å². The van der Waals surface area contributed by atoms with Gasteiger partial charge in [0.2, 0.25) is 11.8 Å². The lowest BCUT2D eigenvalue weighted by atomic mass is 9.56. The van der Waals surface area contributed by atoms with Crippen LogP contribution in [0.3, 0.4) is 0 Å². The second-order valence-electron chi connectivity index (χ2n) is 10.5. The molecule has 208 valence electrons. The Morgan fingerprint density at radius 3 is 2.35 bits per heavy atom. The first kappa shape index (κ1) is 27.6. The molecule has 40 heavy (non-hydrogen) atoms. The average molecular weight is 669 g/mol. The van der Waals surface area contributed by atoms with E-state index in [0.29, 0.717) is 21.8 Å². The molecule has 3 fully saturated rings. The number of likely N-dealkylation sites (tertiary alicyclic amines) is 1. The molecule has 2 aromatic rings. The predicted molar refractivity (Wildman–Crippen MR) is 152 cm³/mol. The van der Waals surface area contributed by atoms with E-state index in [1.165, 1.54) is 14.2 Å². The Kier molecular flexibility index (Phi) is 6.35. The summed E-state index contributed by atoms with van der Waals surface area (Å²) < 4.78 is 5.63. The van der Waals surface area contributed by atoms with Crippen molar-refractivity contribution < 1.29 is 29.0 Å². The molecule has 8 nitrogen and oxygen atoms in total. The van der Waals surface area contributed by atoms with Crippen LogP contribution in [0, 0.1) is 17.8 Å². The molecule has 4 aliphatic rings. The number of amides is 4. The SMILES string of the molecule is COc1cc(C2C3=CCC4C(=O)N(c5ccc(Cl)cc5)C(=O)C4C3CC3(Cl)C(=O)N(C)C(=O)C23Cl)cc(Br)c1O. The molecule has 2 heterocycles. The number of alkyl halides is 2. The van der Waals surface area contributed by atoms with Gasteiger partial charge in [-0.2, -0.15) is 0 Å². The Balaban J connectivity index is 1.53. The van der Waals surface area contributed by atoms with Crippen LogP contribution < -0.4 is 9.64 Å². The van der Waals surface area contributed by atoms with Crippen molar-refractivity contribution in [2.75, 3.05) is 19.1 Å². The van der Waals surface area contributed by atoms with Gasteiger partial charge in [0.1, 0.15) is 0 Å². The molecule has 2 aliphatic carbocycles. The first-order valence-corrected chi connectivity index (χ1v) is 14.4. The number of imide groups is 2. The Morgan fingerprint density at radius 1 is 1.02 bits per heavy atom. The molecule has 1 saturated carbocycles. The number of aromatic hydroxyl groups is 1. The molecular weight excluding hydrogens is 647 g/mol. The maximum absolute atomic E-state index is 14.0. The highest BCUT2D eigenvalue weighted by molar-refractivity contribution is 9.10. The van der Waals surface area contributed by atoms with Crippen molar-refractivity contribution in [3.8, 4) is 11.5 Å². The lowest BCUT2D eigenvalue weighted by molar-refractivity contribution is -0.138. The molecule has 4 amide bonds. The molecule has 0 aromatic heterocycles. The number of hydrogen-bond acceptors (Lipinski definition) is 6. The fourth-order valence-corrected chi connectivity index (χ4v) is 8.48. The standard InChI is InChI=1S/C28H22BrCl3N2O6/c1-33-25(38)27(31)11-17-15(21(28(27,32)26(33)39)12-9-18(29)22(35)19(10-12)40-2)7-8-16-20(17)24(37)34(23(16)36)14-5-3-13(30)4-6-14/h3-7,9-10,16-17,20-21,35H,8,11H2,1-2H3. The summed E-state index contributed by atoms with van der Waals surface area (Å²) in [6.07, 6.45) is 1.97. The van der Waals surface area contributed by atoms with Crippen molar-refractivity contribution in [1.82, 2.24) is 4.90 Å². The van der Waals surface area contributed by atoms with E-state index in [1.54, 1.807) is 36.4 Å². The Labute approximate surface area is 252 Å². The normalized spacial score (nSPS) is 33.1. The van der Waals surface area contributed by atoms with Crippen LogP contribution in [0.5, 0.6) is 11.5 Å². The zero-order valence-corrected chi connectivity index (χ0v) is 25.0. The number of fused-ring (bicyclic) bond motifs is 4. The van der Waals surface area contributed by atoms with E-state index in [1.807, 2.05) is 6.08 Å². The van der Waals surface area contributed by atoms with Gasteiger partial charge in [-0.25, -0.2) is 0 Å². The van der Waals surface area contributed by atoms with Gasteiger partial charge in [0, 0.05) is 18.0 Å². The summed E-state index contributed by atoms with van der Waals surface area (Å²) in [5.74, 6) is -5.26. The van der Waals surface area contributed by atoms with Crippen LogP contribution in [-0.4, -0.2) is 57.5 Å². The number of anilines is 1.